The van der Waals surface area contributed by atoms with Crippen LogP contribution >= 0.6 is 0 Å². The molecule has 2 aliphatic carbocycles. The Morgan fingerprint density at radius 3 is 2.56 bits per heavy atom. The molecule has 0 aliphatic heterocycles. The van der Waals surface area contributed by atoms with E-state index in [0.717, 1.165) is 6.42 Å². The third-order valence-electron chi connectivity index (χ3n) is 5.32. The molecule has 1 saturated carbocycles. The van der Waals surface area contributed by atoms with Crippen LogP contribution in [0.2, 0.25) is 0 Å². The van der Waals surface area contributed by atoms with E-state index in [1.165, 1.54) is 61.6 Å². The molecule has 1 nitrogen and oxygen atoms in total. The van der Waals surface area contributed by atoms with Crippen molar-refractivity contribution in [1.29, 1.82) is 0 Å². The zero-order valence-electron chi connectivity index (χ0n) is 11.4. The SMILES string of the molecule is CCC1(C(O)c2ccc3c(c2)CCC3)CCCC1. The lowest BCUT2D eigenvalue weighted by molar-refractivity contribution is 0.0237. The van der Waals surface area contributed by atoms with Gasteiger partial charge in [0.2, 0.25) is 0 Å². The molecule has 1 unspecified atom stereocenters. The molecule has 18 heavy (non-hydrogen) atoms. The van der Waals surface area contributed by atoms with Crippen molar-refractivity contribution in [2.75, 3.05) is 0 Å². The van der Waals surface area contributed by atoms with Gasteiger partial charge < -0.3 is 5.11 Å². The Balaban J connectivity index is 1.89. The molecular weight excluding hydrogens is 220 g/mol. The Morgan fingerprint density at radius 1 is 1.11 bits per heavy atom. The summed E-state index contributed by atoms with van der Waals surface area (Å²) >= 11 is 0. The zero-order chi connectivity index (χ0) is 12.6. The Morgan fingerprint density at radius 2 is 1.83 bits per heavy atom. The number of aliphatic hydroxyl groups is 1. The van der Waals surface area contributed by atoms with E-state index in [2.05, 4.69) is 25.1 Å². The van der Waals surface area contributed by atoms with E-state index in [-0.39, 0.29) is 11.5 Å². The van der Waals surface area contributed by atoms with Crippen LogP contribution < -0.4 is 0 Å². The summed E-state index contributed by atoms with van der Waals surface area (Å²) in [6.45, 7) is 2.24. The highest BCUT2D eigenvalue weighted by molar-refractivity contribution is 5.36. The van der Waals surface area contributed by atoms with Gasteiger partial charge in [0.1, 0.15) is 0 Å². The first-order valence-corrected chi connectivity index (χ1v) is 7.55. The number of hydrogen-bond donors (Lipinski definition) is 1. The van der Waals surface area contributed by atoms with Gasteiger partial charge in [-0.1, -0.05) is 38.0 Å². The minimum Gasteiger partial charge on any atom is -0.388 e. The van der Waals surface area contributed by atoms with Gasteiger partial charge in [0.15, 0.2) is 0 Å². The van der Waals surface area contributed by atoms with Gasteiger partial charge in [-0.05, 0) is 55.2 Å². The van der Waals surface area contributed by atoms with Crippen molar-refractivity contribution in [1.82, 2.24) is 0 Å². The van der Waals surface area contributed by atoms with Crippen molar-refractivity contribution in [3.05, 3.63) is 34.9 Å². The van der Waals surface area contributed by atoms with E-state index in [9.17, 15) is 5.11 Å². The lowest BCUT2D eigenvalue weighted by Gasteiger charge is -2.33. The van der Waals surface area contributed by atoms with E-state index >= 15 is 0 Å². The van der Waals surface area contributed by atoms with Gasteiger partial charge in [-0.2, -0.15) is 0 Å². The first-order chi connectivity index (χ1) is 8.75. The summed E-state index contributed by atoms with van der Waals surface area (Å²) in [5, 5.41) is 10.8. The molecule has 3 rings (SSSR count). The van der Waals surface area contributed by atoms with Crippen LogP contribution in [-0.2, 0) is 12.8 Å². The van der Waals surface area contributed by atoms with Crippen LogP contribution in [0.4, 0.5) is 0 Å². The first kappa shape index (κ1) is 12.2. The van der Waals surface area contributed by atoms with E-state index in [1.54, 1.807) is 0 Å². The summed E-state index contributed by atoms with van der Waals surface area (Å²) < 4.78 is 0. The quantitative estimate of drug-likeness (QED) is 0.845. The van der Waals surface area contributed by atoms with Crippen molar-refractivity contribution in [2.45, 2.75) is 64.4 Å². The van der Waals surface area contributed by atoms with Gasteiger partial charge in [-0.15, -0.1) is 0 Å². The third-order valence-corrected chi connectivity index (χ3v) is 5.32. The molecule has 0 heterocycles. The van der Waals surface area contributed by atoms with E-state index in [1.807, 2.05) is 0 Å². The smallest absolute Gasteiger partial charge is 0.0846 e. The summed E-state index contributed by atoms with van der Waals surface area (Å²) in [6.07, 6.45) is 9.53. The lowest BCUT2D eigenvalue weighted by Crippen LogP contribution is -2.25. The van der Waals surface area contributed by atoms with Crippen LogP contribution in [0.15, 0.2) is 18.2 Å². The van der Waals surface area contributed by atoms with Crippen molar-refractivity contribution < 1.29 is 5.11 Å². The minimum atomic E-state index is -0.254. The maximum atomic E-state index is 10.8. The van der Waals surface area contributed by atoms with Crippen LogP contribution in [-0.4, -0.2) is 5.11 Å². The minimum absolute atomic E-state index is 0.160. The number of fused-ring (bicyclic) bond motifs is 1. The Labute approximate surface area is 110 Å². The fourth-order valence-electron chi connectivity index (χ4n) is 4.01. The highest BCUT2D eigenvalue weighted by Gasteiger charge is 2.39. The third kappa shape index (κ3) is 1.89. The van der Waals surface area contributed by atoms with Crippen molar-refractivity contribution >= 4 is 0 Å². The number of aliphatic hydroxyl groups excluding tert-OH is 1. The topological polar surface area (TPSA) is 20.2 Å². The van der Waals surface area contributed by atoms with Crippen molar-refractivity contribution in [3.63, 3.8) is 0 Å². The molecular formula is C17H24O. The van der Waals surface area contributed by atoms with Crippen LogP contribution in [0.3, 0.4) is 0 Å². The number of aryl methyl sites for hydroxylation is 2. The summed E-state index contributed by atoms with van der Waals surface area (Å²) in [7, 11) is 0. The highest BCUT2D eigenvalue weighted by atomic mass is 16.3. The number of rotatable bonds is 3. The molecule has 1 atom stereocenters. The second-order valence-corrected chi connectivity index (χ2v) is 6.21. The monoisotopic (exact) mass is 244 g/mol. The first-order valence-electron chi connectivity index (χ1n) is 7.55. The maximum Gasteiger partial charge on any atom is 0.0846 e. The van der Waals surface area contributed by atoms with Crippen LogP contribution in [0, 0.1) is 5.41 Å². The Bertz CT molecular complexity index is 429. The highest BCUT2D eigenvalue weighted by Crippen LogP contribution is 2.50. The second-order valence-electron chi connectivity index (χ2n) is 6.21. The molecule has 1 aromatic rings. The average molecular weight is 244 g/mol. The van der Waals surface area contributed by atoms with Gasteiger partial charge >= 0.3 is 0 Å². The largest absolute Gasteiger partial charge is 0.388 e. The van der Waals surface area contributed by atoms with Crippen molar-refractivity contribution in [3.8, 4) is 0 Å². The molecule has 1 fully saturated rings. The number of benzene rings is 1. The van der Waals surface area contributed by atoms with E-state index in [4.69, 9.17) is 0 Å². The molecule has 0 saturated heterocycles. The van der Waals surface area contributed by atoms with Gasteiger partial charge in [-0.25, -0.2) is 0 Å². The van der Waals surface area contributed by atoms with Gasteiger partial charge in [0.25, 0.3) is 0 Å². The molecule has 0 bridgehead atoms. The van der Waals surface area contributed by atoms with Crippen molar-refractivity contribution in [2.24, 2.45) is 5.41 Å². The molecule has 0 spiro atoms. The number of hydrogen-bond acceptors (Lipinski definition) is 1. The molecule has 1 aromatic carbocycles. The molecule has 1 N–H and O–H groups in total. The van der Waals surface area contributed by atoms with E-state index in [0.29, 0.717) is 0 Å². The molecule has 1 heteroatoms. The molecule has 0 aromatic heterocycles. The molecule has 0 radical (unpaired) electrons. The summed E-state index contributed by atoms with van der Waals surface area (Å²) in [5.41, 5.74) is 4.31. The van der Waals surface area contributed by atoms with Gasteiger partial charge in [0, 0.05) is 5.41 Å². The standard InChI is InChI=1S/C17H24O/c1-2-17(10-3-4-11-17)16(18)15-9-8-13-6-5-7-14(13)12-15/h8-9,12,16,18H,2-7,10-11H2,1H3. The predicted molar refractivity (Wildman–Crippen MR) is 74.6 cm³/mol. The lowest BCUT2D eigenvalue weighted by atomic mass is 9.75. The van der Waals surface area contributed by atoms with Crippen LogP contribution in [0.25, 0.3) is 0 Å². The summed E-state index contributed by atoms with van der Waals surface area (Å²) in [6, 6.07) is 6.70. The second kappa shape index (κ2) is 4.70. The normalized spacial score (nSPS) is 23.0. The fourth-order valence-corrected chi connectivity index (χ4v) is 4.01. The van der Waals surface area contributed by atoms with E-state index < -0.39 is 0 Å². The molecule has 2 aliphatic rings. The Hall–Kier alpha value is -0.820. The summed E-state index contributed by atoms with van der Waals surface area (Å²) in [5.74, 6) is 0. The average Bonchev–Trinajstić information content (AvgIpc) is 3.06. The van der Waals surface area contributed by atoms with Crippen LogP contribution in [0.1, 0.15) is 68.2 Å². The van der Waals surface area contributed by atoms with Crippen LogP contribution in [0.5, 0.6) is 0 Å². The summed E-state index contributed by atoms with van der Waals surface area (Å²) in [4.78, 5) is 0. The zero-order valence-corrected chi connectivity index (χ0v) is 11.4. The Kier molecular flexibility index (Phi) is 3.19. The van der Waals surface area contributed by atoms with Gasteiger partial charge in [-0.3, -0.25) is 0 Å². The predicted octanol–water partition coefficient (Wildman–Crippen LogP) is 4.18. The molecule has 98 valence electrons. The fraction of sp³-hybridized carbons (Fsp3) is 0.647. The van der Waals surface area contributed by atoms with Gasteiger partial charge in [0.05, 0.1) is 6.10 Å². The molecule has 0 amide bonds. The maximum absolute atomic E-state index is 10.8.